The van der Waals surface area contributed by atoms with E-state index in [0.29, 0.717) is 52.0 Å². The Morgan fingerprint density at radius 2 is 1.70 bits per heavy atom. The van der Waals surface area contributed by atoms with Gasteiger partial charge in [0.05, 0.1) is 43.1 Å². The summed E-state index contributed by atoms with van der Waals surface area (Å²) >= 11 is 4.73. The molecule has 0 saturated heterocycles. The molecule has 2 heterocycles. The summed E-state index contributed by atoms with van der Waals surface area (Å²) in [5, 5.41) is 0. The minimum Gasteiger partial charge on any atom is -0.493 e. The number of ether oxygens (including phenoxy) is 4. The van der Waals surface area contributed by atoms with Crippen LogP contribution in [0.2, 0.25) is 0 Å². The molecule has 0 bridgehead atoms. The van der Waals surface area contributed by atoms with E-state index in [4.69, 9.17) is 18.9 Å². The van der Waals surface area contributed by atoms with Gasteiger partial charge < -0.3 is 18.9 Å². The number of carbonyl (C=O) groups excluding carboxylic acids is 1. The molecule has 0 N–H and O–H groups in total. The average Bonchev–Trinajstić information content (AvgIpc) is 3.21. The van der Waals surface area contributed by atoms with E-state index in [2.05, 4.69) is 20.9 Å². The molecule has 2 aromatic carbocycles. The fraction of sp³-hybridized carbons (Fsp3) is 0.296. The van der Waals surface area contributed by atoms with E-state index in [1.54, 1.807) is 18.2 Å². The van der Waals surface area contributed by atoms with Crippen molar-refractivity contribution >= 4 is 39.3 Å². The van der Waals surface area contributed by atoms with Crippen molar-refractivity contribution in [1.29, 1.82) is 0 Å². The van der Waals surface area contributed by atoms with Crippen LogP contribution in [0.1, 0.15) is 37.9 Å². The van der Waals surface area contributed by atoms with Gasteiger partial charge in [0.2, 0.25) is 0 Å². The number of halogens is 1. The number of methoxy groups -OCH3 is 1. The Hall–Kier alpha value is -3.37. The third kappa shape index (κ3) is 5.50. The Morgan fingerprint density at radius 1 is 1.03 bits per heavy atom. The number of nitrogens with zero attached hydrogens (tertiary/aromatic N) is 2. The maximum atomic E-state index is 13.8. The minimum absolute atomic E-state index is 0.241. The highest BCUT2D eigenvalue weighted by molar-refractivity contribution is 9.10. The van der Waals surface area contributed by atoms with Gasteiger partial charge in [0.1, 0.15) is 5.75 Å². The van der Waals surface area contributed by atoms with Crippen LogP contribution in [0.4, 0.5) is 0 Å². The Kier molecular flexibility index (Phi) is 8.50. The highest BCUT2D eigenvalue weighted by Crippen LogP contribution is 2.35. The maximum absolute atomic E-state index is 13.8. The number of carbonyl (C=O) groups is 1. The Balaban J connectivity index is 1.92. The second kappa shape index (κ2) is 11.8. The molecule has 8 nitrogen and oxygen atoms in total. The number of rotatable bonds is 9. The number of esters is 1. The molecule has 0 amide bonds. The van der Waals surface area contributed by atoms with Crippen molar-refractivity contribution in [2.75, 3.05) is 26.9 Å². The van der Waals surface area contributed by atoms with E-state index in [9.17, 15) is 9.59 Å². The number of hydrogen-bond donors (Lipinski definition) is 0. The molecule has 0 spiro atoms. The molecule has 4 rings (SSSR count). The van der Waals surface area contributed by atoms with E-state index in [1.165, 1.54) is 29.2 Å². The fourth-order valence-electron chi connectivity index (χ4n) is 4.05. The third-order valence-electron chi connectivity index (χ3n) is 5.57. The molecule has 0 aliphatic carbocycles. The second-order valence-corrected chi connectivity index (χ2v) is 9.79. The summed E-state index contributed by atoms with van der Waals surface area (Å²) in [5.74, 6) is 1.21. The molecule has 3 aromatic rings. The number of fused-ring (bicyclic) bond motifs is 1. The van der Waals surface area contributed by atoms with Crippen LogP contribution in [0.5, 0.6) is 17.2 Å². The van der Waals surface area contributed by atoms with Gasteiger partial charge >= 0.3 is 5.97 Å². The molecule has 1 aliphatic heterocycles. The van der Waals surface area contributed by atoms with Gasteiger partial charge in [-0.2, -0.15) is 0 Å². The van der Waals surface area contributed by atoms with Gasteiger partial charge in [-0.3, -0.25) is 9.36 Å². The first-order chi connectivity index (χ1) is 17.9. The normalized spacial score (nSPS) is 14.9. The van der Waals surface area contributed by atoms with Crippen LogP contribution in [0.15, 0.2) is 62.4 Å². The summed E-state index contributed by atoms with van der Waals surface area (Å²) < 4.78 is 25.1. The molecular formula is C27H27BrN2O6S. The molecule has 0 fully saturated rings. The van der Waals surface area contributed by atoms with Crippen molar-refractivity contribution in [2.45, 2.75) is 26.8 Å². The first-order valence-corrected chi connectivity index (χ1v) is 13.4. The molecule has 1 aliphatic rings. The van der Waals surface area contributed by atoms with E-state index in [1.807, 2.05) is 45.0 Å². The molecular weight excluding hydrogens is 560 g/mol. The lowest BCUT2D eigenvalue weighted by Gasteiger charge is -2.23. The summed E-state index contributed by atoms with van der Waals surface area (Å²) in [6, 6.07) is 10.3. The van der Waals surface area contributed by atoms with Gasteiger partial charge in [0.25, 0.3) is 5.56 Å². The lowest BCUT2D eigenvalue weighted by molar-refractivity contribution is -0.136. The van der Waals surface area contributed by atoms with E-state index < -0.39 is 12.0 Å². The van der Waals surface area contributed by atoms with Crippen LogP contribution in [-0.4, -0.2) is 37.5 Å². The van der Waals surface area contributed by atoms with E-state index >= 15 is 0 Å². The van der Waals surface area contributed by atoms with E-state index in [-0.39, 0.29) is 11.1 Å². The van der Waals surface area contributed by atoms with Crippen molar-refractivity contribution in [2.24, 2.45) is 4.99 Å². The standard InChI is InChI=1S/C27H27BrN2O6S/c1-5-34-20-11-9-18(28)12-17(20)14-23-25(31)30-24(19(26(32)33-4)15-29-27(30)37-23)16-8-10-21(35-6-2)22(13-16)36-7-3/h8-15,24H,5-7H2,1-4H3/b23-14-/t24-/m1/s1. The zero-order valence-electron chi connectivity index (χ0n) is 20.9. The molecule has 0 unspecified atom stereocenters. The second-order valence-electron chi connectivity index (χ2n) is 7.86. The van der Waals surface area contributed by atoms with Crippen LogP contribution in [0.3, 0.4) is 0 Å². The molecule has 37 heavy (non-hydrogen) atoms. The Bertz CT molecular complexity index is 1520. The van der Waals surface area contributed by atoms with Crippen molar-refractivity contribution in [3.05, 3.63) is 83.5 Å². The fourth-order valence-corrected chi connectivity index (χ4v) is 5.39. The van der Waals surface area contributed by atoms with Gasteiger partial charge in [0, 0.05) is 16.2 Å². The zero-order valence-corrected chi connectivity index (χ0v) is 23.4. The van der Waals surface area contributed by atoms with Crippen LogP contribution in [-0.2, 0) is 9.53 Å². The SMILES string of the molecule is CCOc1ccc(Br)cc1/C=c1\sc2n(c1=O)[C@H](c1ccc(OCC)c(OCC)c1)C(C(=O)OC)=CN=2. The third-order valence-corrected chi connectivity index (χ3v) is 7.06. The van der Waals surface area contributed by atoms with Gasteiger partial charge in [-0.15, -0.1) is 0 Å². The van der Waals surface area contributed by atoms with Crippen molar-refractivity contribution < 1.29 is 23.7 Å². The Morgan fingerprint density at radius 3 is 2.41 bits per heavy atom. The molecule has 10 heteroatoms. The monoisotopic (exact) mass is 586 g/mol. The number of aromatic nitrogens is 1. The minimum atomic E-state index is -0.755. The van der Waals surface area contributed by atoms with Crippen LogP contribution >= 0.6 is 27.3 Å². The van der Waals surface area contributed by atoms with Crippen LogP contribution < -0.4 is 29.1 Å². The first kappa shape index (κ1) is 26.7. The Labute approximate surface area is 226 Å². The molecule has 0 radical (unpaired) electrons. The first-order valence-electron chi connectivity index (χ1n) is 11.8. The van der Waals surface area contributed by atoms with Crippen LogP contribution in [0.25, 0.3) is 6.08 Å². The van der Waals surface area contributed by atoms with Gasteiger partial charge in [-0.1, -0.05) is 33.3 Å². The topological polar surface area (TPSA) is 88.3 Å². The van der Waals surface area contributed by atoms with Crippen molar-refractivity contribution in [3.63, 3.8) is 0 Å². The summed E-state index contributed by atoms with van der Waals surface area (Å²) in [6.07, 6.45) is 3.25. The number of thiazole rings is 1. The molecule has 0 saturated carbocycles. The van der Waals surface area contributed by atoms with Gasteiger partial charge in [0.15, 0.2) is 16.3 Å². The zero-order chi connectivity index (χ0) is 26.5. The van der Waals surface area contributed by atoms with E-state index in [0.717, 1.165) is 10.0 Å². The number of benzene rings is 2. The lowest BCUT2D eigenvalue weighted by atomic mass is 9.97. The maximum Gasteiger partial charge on any atom is 0.337 e. The largest absolute Gasteiger partial charge is 0.493 e. The quantitative estimate of drug-likeness (QED) is 0.352. The highest BCUT2D eigenvalue weighted by atomic mass is 79.9. The summed E-state index contributed by atoms with van der Waals surface area (Å²) in [6.45, 7) is 7.07. The number of hydrogen-bond acceptors (Lipinski definition) is 8. The summed E-state index contributed by atoms with van der Waals surface area (Å²) in [5.41, 5.74) is 1.39. The lowest BCUT2D eigenvalue weighted by Crippen LogP contribution is -2.39. The summed E-state index contributed by atoms with van der Waals surface area (Å²) in [4.78, 5) is 31.4. The van der Waals surface area contributed by atoms with Gasteiger partial charge in [-0.25, -0.2) is 9.79 Å². The summed E-state index contributed by atoms with van der Waals surface area (Å²) in [7, 11) is 1.30. The van der Waals surface area contributed by atoms with Crippen molar-refractivity contribution in [3.8, 4) is 17.2 Å². The van der Waals surface area contributed by atoms with Crippen molar-refractivity contribution in [1.82, 2.24) is 4.57 Å². The smallest absolute Gasteiger partial charge is 0.337 e. The van der Waals surface area contributed by atoms with Gasteiger partial charge in [-0.05, 0) is 62.7 Å². The molecule has 1 atom stereocenters. The molecule has 194 valence electrons. The predicted molar refractivity (Wildman–Crippen MR) is 145 cm³/mol. The van der Waals surface area contributed by atoms with Crippen LogP contribution in [0, 0.1) is 0 Å². The highest BCUT2D eigenvalue weighted by Gasteiger charge is 2.31. The molecule has 1 aromatic heterocycles. The predicted octanol–water partition coefficient (Wildman–Crippen LogP) is 3.98. The average molecular weight is 587 g/mol.